The van der Waals surface area contributed by atoms with Crippen molar-refractivity contribution in [2.75, 3.05) is 52.8 Å². The van der Waals surface area contributed by atoms with Gasteiger partial charge in [0.15, 0.2) is 0 Å². The number of nitrogens with one attached hydrogen (secondary N) is 2. The Balaban J connectivity index is 1.82. The van der Waals surface area contributed by atoms with Crippen molar-refractivity contribution in [1.82, 2.24) is 10.2 Å². The molecule has 1 amide bonds. The molecule has 134 valence electrons. The maximum atomic E-state index is 12.3. The van der Waals surface area contributed by atoms with Crippen molar-refractivity contribution < 1.29 is 14.3 Å². The average molecular weight is 335 g/mol. The van der Waals surface area contributed by atoms with Crippen LogP contribution in [0.3, 0.4) is 0 Å². The molecule has 24 heavy (non-hydrogen) atoms. The number of hydrogen-bond acceptors (Lipinski definition) is 5. The fraction of sp³-hybridized carbons (Fsp3) is 0.611. The van der Waals surface area contributed by atoms with Gasteiger partial charge in [0.25, 0.3) is 0 Å². The molecule has 0 radical (unpaired) electrons. The number of rotatable bonds is 8. The summed E-state index contributed by atoms with van der Waals surface area (Å²) >= 11 is 0. The summed E-state index contributed by atoms with van der Waals surface area (Å²) < 4.78 is 10.5. The number of methoxy groups -OCH3 is 2. The highest BCUT2D eigenvalue weighted by Gasteiger charge is 2.20. The predicted molar refractivity (Wildman–Crippen MR) is 95.9 cm³/mol. The van der Waals surface area contributed by atoms with E-state index in [0.717, 1.165) is 25.6 Å². The van der Waals surface area contributed by atoms with Crippen LogP contribution >= 0.6 is 0 Å². The highest BCUT2D eigenvalue weighted by molar-refractivity contribution is 5.93. The summed E-state index contributed by atoms with van der Waals surface area (Å²) in [5, 5.41) is 6.14. The summed E-state index contributed by atoms with van der Waals surface area (Å²) in [6.07, 6.45) is 3.56. The zero-order valence-electron chi connectivity index (χ0n) is 14.9. The molecule has 0 bridgehead atoms. The van der Waals surface area contributed by atoms with Crippen LogP contribution in [-0.2, 0) is 4.79 Å². The van der Waals surface area contributed by atoms with E-state index in [1.165, 1.54) is 19.3 Å². The number of likely N-dealkylation sites (tertiary alicyclic amines) is 1. The van der Waals surface area contributed by atoms with E-state index in [4.69, 9.17) is 9.47 Å². The number of benzene rings is 1. The first kappa shape index (κ1) is 18.5. The quantitative estimate of drug-likeness (QED) is 0.760. The molecule has 1 aromatic carbocycles. The molecular weight excluding hydrogens is 306 g/mol. The lowest BCUT2D eigenvalue weighted by atomic mass is 9.93. The molecule has 1 aliphatic rings. The zero-order valence-corrected chi connectivity index (χ0v) is 14.9. The maximum Gasteiger partial charge on any atom is 0.238 e. The van der Waals surface area contributed by atoms with Crippen LogP contribution < -0.4 is 20.1 Å². The molecule has 0 aromatic heterocycles. The Hall–Kier alpha value is -1.79. The number of carbonyl (C=O) groups is 1. The summed E-state index contributed by atoms with van der Waals surface area (Å²) in [5.41, 5.74) is 0.673. The maximum absolute atomic E-state index is 12.3. The highest BCUT2D eigenvalue weighted by atomic mass is 16.5. The van der Waals surface area contributed by atoms with Gasteiger partial charge in [-0.25, -0.2) is 0 Å². The van der Waals surface area contributed by atoms with E-state index in [1.54, 1.807) is 26.4 Å². The molecule has 1 heterocycles. The van der Waals surface area contributed by atoms with Crippen molar-refractivity contribution in [1.29, 1.82) is 0 Å². The van der Waals surface area contributed by atoms with Crippen molar-refractivity contribution in [3.63, 3.8) is 0 Å². The summed E-state index contributed by atoms with van der Waals surface area (Å²) in [6.45, 7) is 3.47. The first-order valence-electron chi connectivity index (χ1n) is 8.55. The third-order valence-corrected chi connectivity index (χ3v) is 4.56. The first-order chi connectivity index (χ1) is 11.7. The SMILES string of the molecule is CNCCC1CCN(CC(=O)Nc2ccc(OC)cc2OC)CC1. The molecule has 2 N–H and O–H groups in total. The molecule has 1 fully saturated rings. The van der Waals surface area contributed by atoms with E-state index < -0.39 is 0 Å². The van der Waals surface area contributed by atoms with E-state index in [-0.39, 0.29) is 5.91 Å². The number of piperidine rings is 1. The van der Waals surface area contributed by atoms with Crippen LogP contribution in [-0.4, -0.2) is 58.3 Å². The molecule has 0 aliphatic carbocycles. The number of hydrogen-bond donors (Lipinski definition) is 2. The van der Waals surface area contributed by atoms with Gasteiger partial charge in [-0.3, -0.25) is 9.69 Å². The number of amides is 1. The molecule has 1 aliphatic heterocycles. The second-order valence-electron chi connectivity index (χ2n) is 6.23. The van der Waals surface area contributed by atoms with Gasteiger partial charge in [-0.1, -0.05) is 0 Å². The van der Waals surface area contributed by atoms with Crippen molar-refractivity contribution >= 4 is 11.6 Å². The van der Waals surface area contributed by atoms with Gasteiger partial charge < -0.3 is 20.1 Å². The average Bonchev–Trinajstić information content (AvgIpc) is 2.61. The molecule has 0 spiro atoms. The molecule has 0 unspecified atom stereocenters. The largest absolute Gasteiger partial charge is 0.497 e. The highest BCUT2D eigenvalue weighted by Crippen LogP contribution is 2.29. The molecule has 1 saturated heterocycles. The van der Waals surface area contributed by atoms with Gasteiger partial charge in [-0.15, -0.1) is 0 Å². The van der Waals surface area contributed by atoms with Crippen molar-refractivity contribution in [2.24, 2.45) is 5.92 Å². The minimum atomic E-state index is -0.00728. The van der Waals surface area contributed by atoms with Gasteiger partial charge in [0.1, 0.15) is 11.5 Å². The summed E-state index contributed by atoms with van der Waals surface area (Å²) in [4.78, 5) is 14.5. The van der Waals surface area contributed by atoms with Crippen LogP contribution in [0.1, 0.15) is 19.3 Å². The van der Waals surface area contributed by atoms with Gasteiger partial charge in [-0.2, -0.15) is 0 Å². The third kappa shape index (κ3) is 5.39. The topological polar surface area (TPSA) is 62.8 Å². The van der Waals surface area contributed by atoms with Gasteiger partial charge in [0.05, 0.1) is 26.5 Å². The fourth-order valence-electron chi connectivity index (χ4n) is 3.08. The summed E-state index contributed by atoms with van der Waals surface area (Å²) in [7, 11) is 5.18. The Labute approximate surface area is 144 Å². The second kappa shape index (κ2) is 9.49. The van der Waals surface area contributed by atoms with Crippen molar-refractivity contribution in [2.45, 2.75) is 19.3 Å². The van der Waals surface area contributed by atoms with Crippen LogP contribution in [0.5, 0.6) is 11.5 Å². The minimum absolute atomic E-state index is 0.00728. The summed E-state index contributed by atoms with van der Waals surface area (Å²) in [5.74, 6) is 2.08. The Kier molecular flexibility index (Phi) is 7.34. The lowest BCUT2D eigenvalue weighted by Crippen LogP contribution is -2.39. The van der Waals surface area contributed by atoms with Gasteiger partial charge in [0, 0.05) is 6.07 Å². The van der Waals surface area contributed by atoms with Gasteiger partial charge in [0.2, 0.25) is 5.91 Å². The van der Waals surface area contributed by atoms with Crippen LogP contribution in [0.2, 0.25) is 0 Å². The van der Waals surface area contributed by atoms with E-state index in [9.17, 15) is 4.79 Å². The smallest absolute Gasteiger partial charge is 0.238 e. The molecule has 0 atom stereocenters. The molecule has 0 saturated carbocycles. The van der Waals surface area contributed by atoms with Crippen LogP contribution in [0, 0.1) is 5.92 Å². The number of carbonyl (C=O) groups excluding carboxylic acids is 1. The van der Waals surface area contributed by atoms with Crippen molar-refractivity contribution in [3.05, 3.63) is 18.2 Å². The van der Waals surface area contributed by atoms with Gasteiger partial charge in [-0.05, 0) is 64.0 Å². The zero-order chi connectivity index (χ0) is 17.4. The standard InChI is InChI=1S/C18H29N3O3/c1-19-9-6-14-7-10-21(11-8-14)13-18(22)20-16-5-4-15(23-2)12-17(16)24-3/h4-5,12,14,19H,6-11,13H2,1-3H3,(H,20,22). The Morgan fingerprint density at radius 3 is 2.62 bits per heavy atom. The molecule has 1 aromatic rings. The summed E-state index contributed by atoms with van der Waals surface area (Å²) in [6, 6.07) is 5.38. The van der Waals surface area contributed by atoms with Crippen LogP contribution in [0.4, 0.5) is 5.69 Å². The van der Waals surface area contributed by atoms with Crippen molar-refractivity contribution in [3.8, 4) is 11.5 Å². The predicted octanol–water partition coefficient (Wildman–Crippen LogP) is 1.96. The van der Waals surface area contributed by atoms with E-state index in [2.05, 4.69) is 15.5 Å². The van der Waals surface area contributed by atoms with Gasteiger partial charge >= 0.3 is 0 Å². The van der Waals surface area contributed by atoms with Crippen LogP contribution in [0.25, 0.3) is 0 Å². The number of anilines is 1. The number of nitrogens with zero attached hydrogens (tertiary/aromatic N) is 1. The Morgan fingerprint density at radius 1 is 1.25 bits per heavy atom. The van der Waals surface area contributed by atoms with E-state index in [1.807, 2.05) is 13.1 Å². The van der Waals surface area contributed by atoms with Crippen LogP contribution in [0.15, 0.2) is 18.2 Å². The molecular formula is C18H29N3O3. The minimum Gasteiger partial charge on any atom is -0.497 e. The Bertz CT molecular complexity index is 528. The lowest BCUT2D eigenvalue weighted by molar-refractivity contribution is -0.117. The molecule has 6 nitrogen and oxygen atoms in total. The Morgan fingerprint density at radius 2 is 2.00 bits per heavy atom. The lowest BCUT2D eigenvalue weighted by Gasteiger charge is -2.31. The van der Waals surface area contributed by atoms with E-state index in [0.29, 0.717) is 23.7 Å². The second-order valence-corrected chi connectivity index (χ2v) is 6.23. The normalized spacial score (nSPS) is 16.0. The third-order valence-electron chi connectivity index (χ3n) is 4.56. The molecule has 2 rings (SSSR count). The molecule has 6 heteroatoms. The van der Waals surface area contributed by atoms with E-state index >= 15 is 0 Å². The monoisotopic (exact) mass is 335 g/mol. The number of ether oxygens (including phenoxy) is 2. The first-order valence-corrected chi connectivity index (χ1v) is 8.55. The fourth-order valence-corrected chi connectivity index (χ4v) is 3.08.